The van der Waals surface area contributed by atoms with Crippen LogP contribution < -0.4 is 10.0 Å². The van der Waals surface area contributed by atoms with Crippen LogP contribution in [0.15, 0.2) is 0 Å². The van der Waals surface area contributed by atoms with Crippen molar-refractivity contribution in [2.45, 2.75) is 171 Å². The fourth-order valence-corrected chi connectivity index (χ4v) is 8.09. The summed E-state index contributed by atoms with van der Waals surface area (Å²) in [4.78, 5) is 12.9. The smallest absolute Gasteiger partial charge is 0.303 e. The van der Waals surface area contributed by atoms with E-state index in [0.717, 1.165) is 83.5 Å². The molecule has 2 N–H and O–H groups in total. The van der Waals surface area contributed by atoms with Crippen molar-refractivity contribution in [2.24, 2.45) is 0 Å². The molecular weight excluding hydrogens is 466 g/mol. The molecule has 0 bridgehead atoms. The topological polar surface area (TPSA) is 75.3 Å². The number of amides is 1. The molecule has 0 saturated heterocycles. The fraction of sp³-hybridized carbons (Fsp3) is 0.964. The molecule has 2 radical (unpaired) electrons. The van der Waals surface area contributed by atoms with E-state index >= 15 is 0 Å². The lowest BCUT2D eigenvalue weighted by atomic mass is 9.59. The number of carbonyl (C=O) groups excluding carboxylic acids is 1. The number of nitrogens with one attached hydrogen (secondary N) is 2. The summed E-state index contributed by atoms with van der Waals surface area (Å²) in [5.74, 6) is 0.683. The molecule has 3 aliphatic rings. The fourth-order valence-electron chi connectivity index (χ4n) is 6.53. The van der Waals surface area contributed by atoms with Crippen molar-refractivity contribution in [2.75, 3.05) is 0 Å². The summed E-state index contributed by atoms with van der Waals surface area (Å²) in [7, 11) is -1.42. The molecule has 0 heterocycles. The van der Waals surface area contributed by atoms with Gasteiger partial charge in [0.1, 0.15) is 0 Å². The Bertz CT molecular complexity index is 704. The maximum absolute atomic E-state index is 13.0. The van der Waals surface area contributed by atoms with Crippen LogP contribution in [-0.2, 0) is 9.87 Å². The molecule has 3 aliphatic carbocycles. The van der Waals surface area contributed by atoms with Crippen molar-refractivity contribution >= 4 is 29.5 Å². The zero-order valence-corrected chi connectivity index (χ0v) is 23.7. The lowest BCUT2D eigenvalue weighted by molar-refractivity contribution is 0.253. The molecular formula is C28H52B2N2O3S. The second kappa shape index (κ2) is 17.2. The molecule has 3 fully saturated rings. The Labute approximate surface area is 223 Å². The highest BCUT2D eigenvalue weighted by molar-refractivity contribution is 8.13. The molecule has 36 heavy (non-hydrogen) atoms. The van der Waals surface area contributed by atoms with Crippen molar-refractivity contribution in [3.63, 3.8) is 0 Å². The molecule has 0 aromatic heterocycles. The van der Waals surface area contributed by atoms with Gasteiger partial charge in [-0.25, -0.2) is 13.1 Å². The van der Waals surface area contributed by atoms with Gasteiger partial charge < -0.3 is 5.32 Å². The van der Waals surface area contributed by atoms with Crippen LogP contribution >= 0.6 is 0 Å². The van der Waals surface area contributed by atoms with Crippen LogP contribution in [0, 0.1) is 0 Å². The van der Waals surface area contributed by atoms with Crippen molar-refractivity contribution in [1.29, 1.82) is 0 Å². The third-order valence-electron chi connectivity index (χ3n) is 8.70. The Balaban J connectivity index is 1.45. The van der Waals surface area contributed by atoms with E-state index in [1.807, 2.05) is 7.28 Å². The average molecular weight is 518 g/mol. The van der Waals surface area contributed by atoms with Gasteiger partial charge in [0.15, 0.2) is 15.7 Å². The molecule has 1 amide bonds. The van der Waals surface area contributed by atoms with E-state index < -0.39 is 9.87 Å². The number of carbonyl (C=O) groups is 1. The molecule has 2 unspecified atom stereocenters. The van der Waals surface area contributed by atoms with E-state index in [9.17, 15) is 13.2 Å². The first-order valence-corrected chi connectivity index (χ1v) is 17.1. The van der Waals surface area contributed by atoms with Gasteiger partial charge in [0.2, 0.25) is 7.28 Å². The summed E-state index contributed by atoms with van der Waals surface area (Å²) in [6, 6.07) is 0.118. The zero-order valence-electron chi connectivity index (χ0n) is 22.9. The van der Waals surface area contributed by atoms with E-state index in [2.05, 4.69) is 10.0 Å². The van der Waals surface area contributed by atoms with Crippen molar-refractivity contribution in [1.82, 2.24) is 10.0 Å². The lowest BCUT2D eigenvalue weighted by Gasteiger charge is -2.24. The van der Waals surface area contributed by atoms with Crippen molar-refractivity contribution in [3.05, 3.63) is 0 Å². The molecule has 3 rings (SSSR count). The molecule has 2 atom stereocenters. The summed E-state index contributed by atoms with van der Waals surface area (Å²) in [5, 5.41) is 3.31. The summed E-state index contributed by atoms with van der Waals surface area (Å²) in [5.41, 5.74) is 0. The normalized spacial score (nSPS) is 27.3. The Morgan fingerprint density at radius 1 is 0.528 bits per heavy atom. The van der Waals surface area contributed by atoms with E-state index in [-0.39, 0.29) is 23.7 Å². The summed E-state index contributed by atoms with van der Waals surface area (Å²) < 4.78 is 29.0. The standard InChI is InChI=1S/C28H52B2N2O3S/c33-28(29-24-16-10-5-2-1-3-6-11-17-24)31-26-20-14-9-15-21-27(23-22-26)32-36(34,35)30-25-18-12-7-4-8-13-19-25/h24-27,32H,1-23H2,(H,31,33). The number of rotatable bonds is 7. The van der Waals surface area contributed by atoms with Crippen LogP contribution in [-0.4, -0.2) is 40.1 Å². The minimum absolute atomic E-state index is 0.0282. The van der Waals surface area contributed by atoms with Gasteiger partial charge in [-0.05, 0) is 25.7 Å². The predicted molar refractivity (Wildman–Crippen MR) is 153 cm³/mol. The van der Waals surface area contributed by atoms with Crippen LogP contribution in [0.3, 0.4) is 0 Å². The lowest BCUT2D eigenvalue weighted by Crippen LogP contribution is -2.41. The van der Waals surface area contributed by atoms with Crippen molar-refractivity contribution < 1.29 is 13.2 Å². The Kier molecular flexibility index (Phi) is 14.3. The average Bonchev–Trinajstić information content (AvgIpc) is 2.92. The summed E-state index contributed by atoms with van der Waals surface area (Å²) in [6.45, 7) is 1.62. The highest BCUT2D eigenvalue weighted by atomic mass is 32.2. The van der Waals surface area contributed by atoms with Crippen LogP contribution in [0.2, 0.25) is 11.6 Å². The maximum Gasteiger partial charge on any atom is 0.303 e. The third kappa shape index (κ3) is 12.8. The minimum atomic E-state index is -3.39. The second-order valence-electron chi connectivity index (χ2n) is 12.0. The monoisotopic (exact) mass is 518 g/mol. The van der Waals surface area contributed by atoms with E-state index in [4.69, 9.17) is 0 Å². The minimum Gasteiger partial charge on any atom is -0.363 e. The molecule has 3 saturated carbocycles. The first kappa shape index (κ1) is 30.1. The van der Waals surface area contributed by atoms with Gasteiger partial charge in [-0.1, -0.05) is 134 Å². The van der Waals surface area contributed by atoms with Gasteiger partial charge in [-0.2, -0.15) is 0 Å². The van der Waals surface area contributed by atoms with Crippen molar-refractivity contribution in [3.8, 4) is 0 Å². The highest BCUT2D eigenvalue weighted by Gasteiger charge is 2.27. The molecule has 0 aromatic carbocycles. The molecule has 0 aromatic rings. The van der Waals surface area contributed by atoms with E-state index in [1.165, 1.54) is 64.2 Å². The Morgan fingerprint density at radius 3 is 1.53 bits per heavy atom. The number of hydrogen-bond acceptors (Lipinski definition) is 3. The van der Waals surface area contributed by atoms with Gasteiger partial charge in [0, 0.05) is 12.1 Å². The molecule has 8 heteroatoms. The van der Waals surface area contributed by atoms with Gasteiger partial charge in [0.25, 0.3) is 0 Å². The first-order chi connectivity index (χ1) is 17.5. The number of hydrogen-bond donors (Lipinski definition) is 2. The summed E-state index contributed by atoms with van der Waals surface area (Å²) >= 11 is 0. The zero-order chi connectivity index (χ0) is 25.5. The Morgan fingerprint density at radius 2 is 0.944 bits per heavy atom. The predicted octanol–water partition coefficient (Wildman–Crippen LogP) is 7.27. The van der Waals surface area contributed by atoms with Gasteiger partial charge >= 0.3 is 6.56 Å². The first-order valence-electron chi connectivity index (χ1n) is 15.5. The van der Waals surface area contributed by atoms with Crippen LogP contribution in [0.5, 0.6) is 0 Å². The third-order valence-corrected chi connectivity index (χ3v) is 10.1. The van der Waals surface area contributed by atoms with Crippen LogP contribution in [0.25, 0.3) is 0 Å². The van der Waals surface area contributed by atoms with Gasteiger partial charge in [0.05, 0.1) is 0 Å². The van der Waals surface area contributed by atoms with Gasteiger partial charge in [-0.3, -0.25) is 4.79 Å². The second-order valence-corrected chi connectivity index (χ2v) is 13.6. The van der Waals surface area contributed by atoms with Crippen LogP contribution in [0.4, 0.5) is 4.79 Å². The molecule has 0 aliphatic heterocycles. The highest BCUT2D eigenvalue weighted by Crippen LogP contribution is 2.28. The SMILES string of the molecule is O=C([B]C1CCCCCCCCC1)NC1CCCCCC(NS(=O)(=O)[B]C2CCCCCCC2)CC1. The Hall–Kier alpha value is -0.490. The quantitative estimate of drug-likeness (QED) is 0.348. The summed E-state index contributed by atoms with van der Waals surface area (Å²) in [6.07, 6.45) is 26.2. The molecule has 5 nitrogen and oxygen atoms in total. The van der Waals surface area contributed by atoms with E-state index in [0.29, 0.717) is 5.82 Å². The maximum atomic E-state index is 13.0. The van der Waals surface area contributed by atoms with Gasteiger partial charge in [-0.15, -0.1) is 0 Å². The van der Waals surface area contributed by atoms with E-state index in [1.54, 1.807) is 6.56 Å². The molecule has 0 spiro atoms. The molecule has 204 valence electrons. The largest absolute Gasteiger partial charge is 0.363 e. The van der Waals surface area contributed by atoms with Crippen LogP contribution in [0.1, 0.15) is 148 Å².